The van der Waals surface area contributed by atoms with Crippen molar-refractivity contribution < 1.29 is 0 Å². The van der Waals surface area contributed by atoms with E-state index in [2.05, 4.69) is 84.9 Å². The van der Waals surface area contributed by atoms with Gasteiger partial charge in [-0.1, -0.05) is 84.9 Å². The molecule has 34 heavy (non-hydrogen) atoms. The van der Waals surface area contributed by atoms with E-state index in [4.69, 9.17) is 11.5 Å². The van der Waals surface area contributed by atoms with E-state index in [1.54, 1.807) is 0 Å². The molecule has 0 spiro atoms. The Balaban J connectivity index is 1.26. The first-order valence-electron chi connectivity index (χ1n) is 12.6. The lowest BCUT2D eigenvalue weighted by Crippen LogP contribution is -2.19. The fraction of sp³-hybridized carbons (Fsp3) is 0.250. The minimum atomic E-state index is 0.354. The maximum atomic E-state index is 6.39. The monoisotopic (exact) mass is 444 g/mol. The van der Waals surface area contributed by atoms with Gasteiger partial charge in [-0.15, -0.1) is 0 Å². The van der Waals surface area contributed by atoms with Gasteiger partial charge in [-0.25, -0.2) is 0 Å². The first kappa shape index (κ1) is 21.3. The molecule has 0 radical (unpaired) electrons. The largest absolute Gasteiger partial charge is 0.330 e. The molecule has 0 saturated carbocycles. The van der Waals surface area contributed by atoms with Gasteiger partial charge in [0.1, 0.15) is 0 Å². The van der Waals surface area contributed by atoms with Crippen LogP contribution in [0.4, 0.5) is 0 Å². The molecule has 0 saturated heterocycles. The van der Waals surface area contributed by atoms with Gasteiger partial charge in [-0.2, -0.15) is 0 Å². The first-order valence-corrected chi connectivity index (χ1v) is 12.6. The molecule has 4 aromatic carbocycles. The predicted octanol–water partition coefficient (Wildman–Crippen LogP) is 6.39. The third-order valence-corrected chi connectivity index (χ3v) is 8.09. The Hall–Kier alpha value is -3.20. The van der Waals surface area contributed by atoms with Crippen LogP contribution in [0.25, 0.3) is 22.3 Å². The molecule has 0 aliphatic heterocycles. The van der Waals surface area contributed by atoms with E-state index < -0.39 is 0 Å². The van der Waals surface area contributed by atoms with E-state index in [-0.39, 0.29) is 0 Å². The summed E-state index contributed by atoms with van der Waals surface area (Å²) in [4.78, 5) is 0. The summed E-state index contributed by atoms with van der Waals surface area (Å²) in [6.45, 7) is 1.34. The van der Waals surface area contributed by atoms with Gasteiger partial charge in [-0.3, -0.25) is 0 Å². The summed E-state index contributed by atoms with van der Waals surface area (Å²) in [6, 6.07) is 31.2. The molecular formula is C32H32N2. The van der Waals surface area contributed by atoms with Gasteiger partial charge in [0.05, 0.1) is 0 Å². The molecule has 2 heteroatoms. The Morgan fingerprint density at radius 1 is 0.500 bits per heavy atom. The van der Waals surface area contributed by atoms with Crippen molar-refractivity contribution in [3.63, 3.8) is 0 Å². The van der Waals surface area contributed by atoms with Crippen LogP contribution in [0.1, 0.15) is 58.1 Å². The van der Waals surface area contributed by atoms with Crippen molar-refractivity contribution in [3.8, 4) is 22.3 Å². The number of fused-ring (bicyclic) bond motifs is 6. The summed E-state index contributed by atoms with van der Waals surface area (Å²) in [6.07, 6.45) is 4.15. The predicted molar refractivity (Wildman–Crippen MR) is 142 cm³/mol. The SMILES string of the molecule is NCC(CCC(CN)c1cccc2c1Cc1ccccc1-2)c1cccc2c1Cc1ccccc1-2. The highest BCUT2D eigenvalue weighted by Gasteiger charge is 2.26. The molecule has 0 heterocycles. The molecular weight excluding hydrogens is 412 g/mol. The molecule has 0 amide bonds. The van der Waals surface area contributed by atoms with E-state index in [1.807, 2.05) is 0 Å². The zero-order valence-corrected chi connectivity index (χ0v) is 19.6. The van der Waals surface area contributed by atoms with Crippen LogP contribution in [-0.2, 0) is 12.8 Å². The summed E-state index contributed by atoms with van der Waals surface area (Å²) in [7, 11) is 0. The van der Waals surface area contributed by atoms with Crippen LogP contribution in [0.5, 0.6) is 0 Å². The molecule has 2 aliphatic rings. The quantitative estimate of drug-likeness (QED) is 0.300. The fourth-order valence-electron chi connectivity index (χ4n) is 6.33. The summed E-state index contributed by atoms with van der Waals surface area (Å²) in [5.41, 5.74) is 27.0. The van der Waals surface area contributed by atoms with Crippen molar-refractivity contribution in [2.75, 3.05) is 13.1 Å². The molecule has 6 rings (SSSR count). The Morgan fingerprint density at radius 2 is 0.912 bits per heavy atom. The van der Waals surface area contributed by atoms with Crippen molar-refractivity contribution >= 4 is 0 Å². The highest BCUT2D eigenvalue weighted by molar-refractivity contribution is 5.79. The lowest BCUT2D eigenvalue weighted by Gasteiger charge is -2.24. The highest BCUT2D eigenvalue weighted by Crippen LogP contribution is 2.43. The topological polar surface area (TPSA) is 52.0 Å². The Morgan fingerprint density at radius 3 is 1.35 bits per heavy atom. The van der Waals surface area contributed by atoms with Gasteiger partial charge in [-0.05, 0) is 106 Å². The number of rotatable bonds is 7. The van der Waals surface area contributed by atoms with Crippen LogP contribution in [0.2, 0.25) is 0 Å². The number of hydrogen-bond donors (Lipinski definition) is 2. The van der Waals surface area contributed by atoms with E-state index >= 15 is 0 Å². The van der Waals surface area contributed by atoms with Gasteiger partial charge >= 0.3 is 0 Å². The van der Waals surface area contributed by atoms with Crippen molar-refractivity contribution in [1.82, 2.24) is 0 Å². The normalized spacial score (nSPS) is 14.8. The minimum Gasteiger partial charge on any atom is -0.330 e. The lowest BCUT2D eigenvalue weighted by atomic mass is 9.83. The average molecular weight is 445 g/mol. The molecule has 2 unspecified atom stereocenters. The third kappa shape index (κ3) is 3.50. The van der Waals surface area contributed by atoms with Crippen LogP contribution in [0, 0.1) is 0 Å². The molecule has 2 aliphatic carbocycles. The lowest BCUT2D eigenvalue weighted by molar-refractivity contribution is 0.531. The van der Waals surface area contributed by atoms with Crippen molar-refractivity contribution in [2.45, 2.75) is 37.5 Å². The molecule has 2 atom stereocenters. The Bertz CT molecular complexity index is 1250. The molecule has 4 aromatic rings. The summed E-state index contributed by atoms with van der Waals surface area (Å²) < 4.78 is 0. The zero-order chi connectivity index (χ0) is 23.1. The zero-order valence-electron chi connectivity index (χ0n) is 19.6. The Labute approximate surface area is 202 Å². The van der Waals surface area contributed by atoms with E-state index in [9.17, 15) is 0 Å². The molecule has 0 fully saturated rings. The van der Waals surface area contributed by atoms with Crippen molar-refractivity contribution in [3.05, 3.63) is 118 Å². The van der Waals surface area contributed by atoms with E-state index in [0.29, 0.717) is 24.9 Å². The maximum absolute atomic E-state index is 6.39. The second-order valence-corrected chi connectivity index (χ2v) is 9.86. The van der Waals surface area contributed by atoms with E-state index in [1.165, 1.54) is 55.6 Å². The smallest absolute Gasteiger partial charge is 0.000812 e. The number of hydrogen-bond acceptors (Lipinski definition) is 2. The summed E-state index contributed by atoms with van der Waals surface area (Å²) in [5, 5.41) is 0. The van der Waals surface area contributed by atoms with Gasteiger partial charge in [0.25, 0.3) is 0 Å². The highest BCUT2D eigenvalue weighted by atomic mass is 14.6. The fourth-order valence-corrected chi connectivity index (χ4v) is 6.33. The van der Waals surface area contributed by atoms with Crippen LogP contribution in [-0.4, -0.2) is 13.1 Å². The molecule has 0 bridgehead atoms. The van der Waals surface area contributed by atoms with Gasteiger partial charge in [0.2, 0.25) is 0 Å². The van der Waals surface area contributed by atoms with Crippen LogP contribution >= 0.6 is 0 Å². The second-order valence-electron chi connectivity index (χ2n) is 9.86. The van der Waals surface area contributed by atoms with E-state index in [0.717, 1.165) is 25.7 Å². The number of nitrogens with two attached hydrogens (primary N) is 2. The number of benzene rings is 4. The minimum absolute atomic E-state index is 0.354. The van der Waals surface area contributed by atoms with Gasteiger partial charge < -0.3 is 11.5 Å². The standard InChI is InChI=1S/C32H32N2/c33-19-23(27-11-5-13-29-25-9-3-1-7-21(25)17-31(27)29)15-16-24(20-34)28-12-6-14-30-26-10-4-2-8-22(26)18-32(28)30/h1-14,23-24H,15-20,33-34H2. The molecule has 2 nitrogen and oxygen atoms in total. The molecule has 170 valence electrons. The average Bonchev–Trinajstić information content (AvgIpc) is 3.46. The van der Waals surface area contributed by atoms with Gasteiger partial charge in [0, 0.05) is 0 Å². The summed E-state index contributed by atoms with van der Waals surface area (Å²) in [5.74, 6) is 0.708. The summed E-state index contributed by atoms with van der Waals surface area (Å²) >= 11 is 0. The Kier molecular flexibility index (Phi) is 5.57. The molecule has 4 N–H and O–H groups in total. The molecule has 0 aromatic heterocycles. The van der Waals surface area contributed by atoms with Crippen molar-refractivity contribution in [2.24, 2.45) is 11.5 Å². The van der Waals surface area contributed by atoms with Crippen molar-refractivity contribution in [1.29, 1.82) is 0 Å². The maximum Gasteiger partial charge on any atom is -0.000812 e. The van der Waals surface area contributed by atoms with Crippen LogP contribution in [0.3, 0.4) is 0 Å². The second kappa shape index (κ2) is 8.87. The van der Waals surface area contributed by atoms with Crippen LogP contribution < -0.4 is 11.5 Å². The first-order chi connectivity index (χ1) is 16.8. The van der Waals surface area contributed by atoms with Crippen LogP contribution in [0.15, 0.2) is 84.9 Å². The van der Waals surface area contributed by atoms with Gasteiger partial charge in [0.15, 0.2) is 0 Å². The third-order valence-electron chi connectivity index (χ3n) is 8.09.